The molecule has 0 aliphatic rings. The van der Waals surface area contributed by atoms with E-state index in [1.165, 1.54) is 0 Å². The van der Waals surface area contributed by atoms with Gasteiger partial charge in [0.1, 0.15) is 22.9 Å². The van der Waals surface area contributed by atoms with E-state index in [4.69, 9.17) is 31.1 Å². The molecule has 11 nitrogen and oxygen atoms in total. The fourth-order valence-corrected chi connectivity index (χ4v) is 3.60. The summed E-state index contributed by atoms with van der Waals surface area (Å²) in [5.41, 5.74) is 13.3. The number of aliphatic hydroxyl groups is 1. The van der Waals surface area contributed by atoms with Crippen molar-refractivity contribution in [3.05, 3.63) is 47.7 Å². The number of ether oxygens (including phenoxy) is 1. The minimum absolute atomic E-state index is 0.0765. The maximum absolute atomic E-state index is 10.2. The van der Waals surface area contributed by atoms with Crippen LogP contribution in [0.2, 0.25) is 0 Å². The zero-order valence-corrected chi connectivity index (χ0v) is 20.0. The lowest BCUT2D eigenvalue weighted by atomic mass is 10.1. The number of fused-ring (bicyclic) bond motifs is 1. The van der Waals surface area contributed by atoms with Crippen molar-refractivity contribution >= 4 is 16.9 Å². The van der Waals surface area contributed by atoms with Crippen molar-refractivity contribution < 1.29 is 14.5 Å². The maximum Gasteiger partial charge on any atom is 0.217 e. The molecule has 1 atom stereocenters. The average molecular weight is 487 g/mol. The van der Waals surface area contributed by atoms with E-state index in [1.54, 1.807) is 19.9 Å². The monoisotopic (exact) mass is 486 g/mol. The Hall–Kier alpha value is -4.45. The Labute approximate surface area is 207 Å². The molecule has 0 unspecified atom stereocenters. The fraction of sp³-hybridized carbons (Fsp3) is 0.320. The van der Waals surface area contributed by atoms with Crippen molar-refractivity contribution in [3.63, 3.8) is 0 Å². The van der Waals surface area contributed by atoms with Crippen LogP contribution in [0.5, 0.6) is 5.88 Å². The van der Waals surface area contributed by atoms with Crippen LogP contribution in [0.4, 0.5) is 5.82 Å². The number of hydrogen-bond acceptors (Lipinski definition) is 10. The van der Waals surface area contributed by atoms with Gasteiger partial charge in [-0.15, -0.1) is 0 Å². The molecule has 11 heteroatoms. The number of nitrogens with two attached hydrogens (primary N) is 2. The Bertz CT molecular complexity index is 1450. The van der Waals surface area contributed by atoms with Crippen LogP contribution in [0.3, 0.4) is 0 Å². The van der Waals surface area contributed by atoms with Crippen LogP contribution in [-0.4, -0.2) is 42.1 Å². The quantitative estimate of drug-likeness (QED) is 0.248. The molecule has 4 aromatic rings. The van der Waals surface area contributed by atoms with Gasteiger partial charge in [0, 0.05) is 25.6 Å². The van der Waals surface area contributed by atoms with E-state index in [9.17, 15) is 5.11 Å². The van der Waals surface area contributed by atoms with Gasteiger partial charge in [-0.25, -0.2) is 14.6 Å². The molecule has 0 amide bonds. The number of aromatic nitrogens is 5. The Morgan fingerprint density at radius 1 is 1.22 bits per heavy atom. The lowest BCUT2D eigenvalue weighted by Gasteiger charge is -2.17. The number of anilines is 1. The van der Waals surface area contributed by atoms with Crippen molar-refractivity contribution in [2.24, 2.45) is 5.73 Å². The number of hydrogen-bond donors (Lipinski definition) is 3. The van der Waals surface area contributed by atoms with Crippen LogP contribution in [0, 0.1) is 23.2 Å². The van der Waals surface area contributed by atoms with Gasteiger partial charge in [-0.1, -0.05) is 36.3 Å². The molecule has 3 heterocycles. The number of unbranched alkanes of at least 4 members (excludes halogenated alkanes) is 1. The van der Waals surface area contributed by atoms with Gasteiger partial charge in [-0.2, -0.15) is 5.26 Å². The van der Waals surface area contributed by atoms with E-state index in [-0.39, 0.29) is 23.9 Å². The molecule has 184 valence electrons. The summed E-state index contributed by atoms with van der Waals surface area (Å²) in [5, 5.41) is 26.8. The molecular weight excluding hydrogens is 460 g/mol. The predicted molar refractivity (Wildman–Crippen MR) is 132 cm³/mol. The van der Waals surface area contributed by atoms with Gasteiger partial charge in [-0.05, 0) is 42.1 Å². The van der Waals surface area contributed by atoms with Gasteiger partial charge in [0.2, 0.25) is 5.88 Å². The van der Waals surface area contributed by atoms with Crippen molar-refractivity contribution in [3.8, 4) is 35.3 Å². The molecule has 0 saturated heterocycles. The SMILES string of the molecule is CC(C)(O)C#Cc1nc(O[C@H](CN)c2ccccc2)cc2c1nc(-c1nonc1N)n2CCCC#N. The summed E-state index contributed by atoms with van der Waals surface area (Å²) in [7, 11) is 0. The van der Waals surface area contributed by atoms with E-state index < -0.39 is 11.7 Å². The summed E-state index contributed by atoms with van der Waals surface area (Å²) in [6, 6.07) is 13.5. The number of nitriles is 1. The third kappa shape index (κ3) is 5.44. The Balaban J connectivity index is 1.90. The topological polar surface area (TPSA) is 175 Å². The Morgan fingerprint density at radius 3 is 2.64 bits per heavy atom. The van der Waals surface area contributed by atoms with Crippen molar-refractivity contribution in [2.75, 3.05) is 12.3 Å². The first-order chi connectivity index (χ1) is 17.3. The summed E-state index contributed by atoms with van der Waals surface area (Å²) in [6.45, 7) is 3.81. The van der Waals surface area contributed by atoms with E-state index >= 15 is 0 Å². The largest absolute Gasteiger partial charge is 0.468 e. The minimum Gasteiger partial charge on any atom is -0.468 e. The van der Waals surface area contributed by atoms with Crippen LogP contribution in [0.15, 0.2) is 41.0 Å². The van der Waals surface area contributed by atoms with Gasteiger partial charge < -0.3 is 25.9 Å². The summed E-state index contributed by atoms with van der Waals surface area (Å²) in [5.74, 6) is 6.46. The molecule has 1 aromatic carbocycles. The molecule has 0 radical (unpaired) electrons. The van der Waals surface area contributed by atoms with Crippen LogP contribution < -0.4 is 16.2 Å². The van der Waals surface area contributed by atoms with Crippen molar-refractivity contribution in [1.82, 2.24) is 24.8 Å². The van der Waals surface area contributed by atoms with Crippen LogP contribution in [-0.2, 0) is 6.54 Å². The van der Waals surface area contributed by atoms with Gasteiger partial charge in [0.15, 0.2) is 17.3 Å². The lowest BCUT2D eigenvalue weighted by molar-refractivity contribution is 0.143. The molecule has 0 saturated carbocycles. The number of aryl methyl sites for hydroxylation is 1. The van der Waals surface area contributed by atoms with Gasteiger partial charge in [0.25, 0.3) is 0 Å². The maximum atomic E-state index is 10.2. The van der Waals surface area contributed by atoms with Crippen LogP contribution >= 0.6 is 0 Å². The number of imidazole rings is 1. The van der Waals surface area contributed by atoms with E-state index in [1.807, 2.05) is 34.9 Å². The Kier molecular flexibility index (Phi) is 7.15. The summed E-state index contributed by atoms with van der Waals surface area (Å²) in [6.07, 6.45) is 0.448. The highest BCUT2D eigenvalue weighted by atomic mass is 16.6. The zero-order chi connectivity index (χ0) is 25.7. The summed E-state index contributed by atoms with van der Waals surface area (Å²) >= 11 is 0. The normalized spacial score (nSPS) is 12.1. The molecule has 36 heavy (non-hydrogen) atoms. The van der Waals surface area contributed by atoms with Crippen LogP contribution in [0.25, 0.3) is 22.6 Å². The molecule has 0 aliphatic heterocycles. The second-order valence-corrected chi connectivity index (χ2v) is 8.59. The second kappa shape index (κ2) is 10.4. The van der Waals surface area contributed by atoms with Crippen LogP contribution in [0.1, 0.15) is 44.1 Å². The molecule has 5 N–H and O–H groups in total. The molecule has 4 rings (SSSR count). The van der Waals surface area contributed by atoms with E-state index in [0.29, 0.717) is 41.9 Å². The van der Waals surface area contributed by atoms with E-state index in [2.05, 4.69) is 33.2 Å². The first-order valence-corrected chi connectivity index (χ1v) is 11.3. The highest BCUT2D eigenvalue weighted by molar-refractivity contribution is 5.86. The van der Waals surface area contributed by atoms with Crippen molar-refractivity contribution in [1.29, 1.82) is 5.26 Å². The molecule has 0 spiro atoms. The Morgan fingerprint density at radius 2 is 2.00 bits per heavy atom. The van der Waals surface area contributed by atoms with Crippen molar-refractivity contribution in [2.45, 2.75) is 44.9 Å². The van der Waals surface area contributed by atoms with Gasteiger partial charge in [0.05, 0.1) is 11.6 Å². The lowest BCUT2D eigenvalue weighted by Crippen LogP contribution is -2.19. The summed E-state index contributed by atoms with van der Waals surface area (Å²) < 4.78 is 12.9. The smallest absolute Gasteiger partial charge is 0.217 e. The van der Waals surface area contributed by atoms with Gasteiger partial charge in [-0.3, -0.25) is 0 Å². The third-order valence-corrected chi connectivity index (χ3v) is 5.24. The highest BCUT2D eigenvalue weighted by Gasteiger charge is 2.23. The first kappa shape index (κ1) is 24.7. The fourth-order valence-electron chi connectivity index (χ4n) is 3.60. The highest BCUT2D eigenvalue weighted by Crippen LogP contribution is 2.31. The van der Waals surface area contributed by atoms with E-state index in [0.717, 1.165) is 5.56 Å². The summed E-state index contributed by atoms with van der Waals surface area (Å²) in [4.78, 5) is 9.30. The first-order valence-electron chi connectivity index (χ1n) is 11.3. The number of pyridine rings is 1. The number of nitrogens with zero attached hydrogens (tertiary/aromatic N) is 6. The molecule has 3 aromatic heterocycles. The number of rotatable bonds is 8. The molecule has 0 aliphatic carbocycles. The molecule has 0 bridgehead atoms. The zero-order valence-electron chi connectivity index (χ0n) is 20.0. The standard InChI is InChI=1S/C25H26N8O3/c1-25(2,34)11-10-17-21-18(14-20(29-17)35-19(15-27)16-8-4-3-5-9-16)33(13-7-6-12-26)24(30-21)22-23(28)32-36-31-22/h3-5,8-9,14,19,34H,6-7,13,15,27H2,1-2H3,(H2,28,32)/t19-/m1/s1. The second-order valence-electron chi connectivity index (χ2n) is 8.59. The minimum atomic E-state index is -1.26. The number of nitrogen functional groups attached to an aromatic ring is 1. The predicted octanol–water partition coefficient (Wildman–Crippen LogP) is 2.57. The van der Waals surface area contributed by atoms with Gasteiger partial charge >= 0.3 is 0 Å². The molecule has 0 fully saturated rings. The third-order valence-electron chi connectivity index (χ3n) is 5.24. The average Bonchev–Trinajstić information content (AvgIpc) is 3.44. The number of benzene rings is 1. The molecular formula is C25H26N8O3.